The van der Waals surface area contributed by atoms with Crippen molar-refractivity contribution in [1.29, 1.82) is 0 Å². The lowest BCUT2D eigenvalue weighted by atomic mass is 10.2. The molecule has 2 rings (SSSR count). The van der Waals surface area contributed by atoms with Crippen LogP contribution in [0.15, 0.2) is 40.2 Å². The van der Waals surface area contributed by atoms with Crippen molar-refractivity contribution in [2.24, 2.45) is 4.99 Å². The number of hydrogen-bond acceptors (Lipinski definition) is 4. The van der Waals surface area contributed by atoms with Gasteiger partial charge in [-0.3, -0.25) is 9.67 Å². The molecule has 0 saturated heterocycles. The van der Waals surface area contributed by atoms with Gasteiger partial charge in [-0.15, -0.1) is 0 Å². The van der Waals surface area contributed by atoms with E-state index in [4.69, 9.17) is 0 Å². The van der Waals surface area contributed by atoms with Crippen LogP contribution < -0.4 is 15.4 Å². The van der Waals surface area contributed by atoms with E-state index in [0.717, 1.165) is 36.5 Å². The van der Waals surface area contributed by atoms with E-state index in [0.29, 0.717) is 12.5 Å². The molecular formula is C18H28N6O2S. The zero-order valence-electron chi connectivity index (χ0n) is 16.3. The zero-order valence-corrected chi connectivity index (χ0v) is 17.1. The van der Waals surface area contributed by atoms with Crippen molar-refractivity contribution in [3.63, 3.8) is 0 Å². The number of guanidine groups is 1. The molecule has 1 heterocycles. The highest BCUT2D eigenvalue weighted by Gasteiger charge is 2.11. The van der Waals surface area contributed by atoms with Gasteiger partial charge in [0.05, 0.1) is 10.6 Å². The second-order valence-corrected chi connectivity index (χ2v) is 8.10. The summed E-state index contributed by atoms with van der Waals surface area (Å²) in [4.78, 5) is 4.45. The number of sulfonamides is 1. The fourth-order valence-corrected chi connectivity index (χ4v) is 3.48. The Hall–Kier alpha value is -2.39. The summed E-state index contributed by atoms with van der Waals surface area (Å²) >= 11 is 0. The molecule has 0 bridgehead atoms. The standard InChI is InChI=1S/C18H28N6O2S/c1-14-11-15(2)24(23-14)10-6-9-21-18(19-3)22-13-16-7-5-8-17(12-16)27(25,26)20-4/h5,7-8,11-12,20H,6,9-10,13H2,1-4H3,(H2,19,21,22). The van der Waals surface area contributed by atoms with Gasteiger partial charge >= 0.3 is 0 Å². The summed E-state index contributed by atoms with van der Waals surface area (Å²) in [5.41, 5.74) is 3.05. The minimum absolute atomic E-state index is 0.247. The predicted molar refractivity (Wildman–Crippen MR) is 107 cm³/mol. The first-order valence-electron chi connectivity index (χ1n) is 8.84. The summed E-state index contributed by atoms with van der Waals surface area (Å²) in [6.45, 7) is 6.12. The second-order valence-electron chi connectivity index (χ2n) is 6.21. The van der Waals surface area contributed by atoms with Gasteiger partial charge in [-0.1, -0.05) is 12.1 Å². The number of benzene rings is 1. The van der Waals surface area contributed by atoms with E-state index < -0.39 is 10.0 Å². The molecule has 0 unspecified atom stereocenters. The predicted octanol–water partition coefficient (Wildman–Crippen LogP) is 1.16. The molecule has 0 atom stereocenters. The summed E-state index contributed by atoms with van der Waals surface area (Å²) in [5, 5.41) is 10.9. The Morgan fingerprint density at radius 1 is 1.22 bits per heavy atom. The minimum atomic E-state index is -3.44. The number of aryl methyl sites for hydroxylation is 3. The van der Waals surface area contributed by atoms with Crippen LogP contribution in [0.25, 0.3) is 0 Å². The molecule has 0 aliphatic carbocycles. The Morgan fingerprint density at radius 3 is 2.63 bits per heavy atom. The Labute approximate surface area is 161 Å². The monoisotopic (exact) mass is 392 g/mol. The number of aliphatic imine (C=N–C) groups is 1. The van der Waals surface area contributed by atoms with Crippen LogP contribution in [-0.4, -0.2) is 44.8 Å². The summed E-state index contributed by atoms with van der Waals surface area (Å²) in [5.74, 6) is 0.672. The molecule has 0 aliphatic heterocycles. The van der Waals surface area contributed by atoms with Crippen molar-refractivity contribution < 1.29 is 8.42 Å². The normalized spacial score (nSPS) is 12.2. The van der Waals surface area contributed by atoms with Crippen molar-refractivity contribution in [3.05, 3.63) is 47.3 Å². The number of nitrogens with zero attached hydrogens (tertiary/aromatic N) is 3. The Kier molecular flexibility index (Phi) is 7.37. The highest BCUT2D eigenvalue weighted by Crippen LogP contribution is 2.10. The summed E-state index contributed by atoms with van der Waals surface area (Å²) < 4.78 is 28.1. The molecule has 0 radical (unpaired) electrons. The first-order chi connectivity index (χ1) is 12.9. The molecule has 0 amide bonds. The molecule has 0 spiro atoms. The largest absolute Gasteiger partial charge is 0.356 e. The topological polar surface area (TPSA) is 100 Å². The van der Waals surface area contributed by atoms with E-state index in [1.807, 2.05) is 17.7 Å². The summed E-state index contributed by atoms with van der Waals surface area (Å²) in [7, 11) is -0.335. The molecule has 0 saturated carbocycles. The maximum atomic E-state index is 11.9. The molecule has 9 heteroatoms. The van der Waals surface area contributed by atoms with E-state index in [-0.39, 0.29) is 4.90 Å². The lowest BCUT2D eigenvalue weighted by Crippen LogP contribution is -2.37. The number of hydrogen-bond donors (Lipinski definition) is 3. The summed E-state index contributed by atoms with van der Waals surface area (Å²) in [6, 6.07) is 8.89. The van der Waals surface area contributed by atoms with E-state index in [9.17, 15) is 8.42 Å². The van der Waals surface area contributed by atoms with Crippen LogP contribution in [0.4, 0.5) is 0 Å². The summed E-state index contributed by atoms with van der Waals surface area (Å²) in [6.07, 6.45) is 0.915. The SMILES string of the molecule is CN=C(NCCCn1nc(C)cc1C)NCc1cccc(S(=O)(=O)NC)c1. The van der Waals surface area contributed by atoms with Gasteiger partial charge < -0.3 is 10.6 Å². The fraction of sp³-hybridized carbons (Fsp3) is 0.444. The van der Waals surface area contributed by atoms with Gasteiger partial charge in [-0.2, -0.15) is 5.10 Å². The third-order valence-electron chi connectivity index (χ3n) is 4.10. The van der Waals surface area contributed by atoms with Gasteiger partial charge in [0.2, 0.25) is 10.0 Å². The maximum absolute atomic E-state index is 11.9. The van der Waals surface area contributed by atoms with E-state index in [1.54, 1.807) is 25.2 Å². The van der Waals surface area contributed by atoms with Crippen LogP contribution in [0, 0.1) is 13.8 Å². The Bertz CT molecular complexity index is 889. The first kappa shape index (κ1) is 20.9. The third-order valence-corrected chi connectivity index (χ3v) is 5.52. The third kappa shape index (κ3) is 6.07. The van der Waals surface area contributed by atoms with Crippen LogP contribution in [0.1, 0.15) is 23.4 Å². The quantitative estimate of drug-likeness (QED) is 0.356. The molecule has 8 nitrogen and oxygen atoms in total. The van der Waals surface area contributed by atoms with Crippen LogP contribution in [0.3, 0.4) is 0 Å². The smallest absolute Gasteiger partial charge is 0.240 e. The van der Waals surface area contributed by atoms with Gasteiger partial charge in [-0.25, -0.2) is 13.1 Å². The Morgan fingerprint density at radius 2 is 2.00 bits per heavy atom. The first-order valence-corrected chi connectivity index (χ1v) is 10.3. The lowest BCUT2D eigenvalue weighted by molar-refractivity contribution is 0.555. The van der Waals surface area contributed by atoms with E-state index in [2.05, 4.69) is 38.4 Å². The molecule has 0 fully saturated rings. The van der Waals surface area contributed by atoms with Crippen molar-refractivity contribution >= 4 is 16.0 Å². The maximum Gasteiger partial charge on any atom is 0.240 e. The highest BCUT2D eigenvalue weighted by molar-refractivity contribution is 7.89. The molecule has 1 aromatic heterocycles. The molecule has 0 aliphatic rings. The van der Waals surface area contributed by atoms with Crippen LogP contribution >= 0.6 is 0 Å². The number of rotatable bonds is 8. The van der Waals surface area contributed by atoms with Crippen molar-refractivity contribution in [1.82, 2.24) is 25.1 Å². The molecule has 27 heavy (non-hydrogen) atoms. The van der Waals surface area contributed by atoms with Crippen LogP contribution in [-0.2, 0) is 23.1 Å². The van der Waals surface area contributed by atoms with E-state index in [1.165, 1.54) is 7.05 Å². The molecule has 2 aromatic rings. The van der Waals surface area contributed by atoms with Gasteiger partial charge in [0.25, 0.3) is 0 Å². The van der Waals surface area contributed by atoms with Crippen molar-refractivity contribution in [3.8, 4) is 0 Å². The van der Waals surface area contributed by atoms with Crippen LogP contribution in [0.2, 0.25) is 0 Å². The van der Waals surface area contributed by atoms with Gasteiger partial charge in [0, 0.05) is 32.4 Å². The zero-order chi connectivity index (χ0) is 19.9. The average molecular weight is 393 g/mol. The molecule has 1 aromatic carbocycles. The molecule has 148 valence electrons. The fourth-order valence-electron chi connectivity index (χ4n) is 2.68. The van der Waals surface area contributed by atoms with Crippen molar-refractivity contribution in [2.45, 2.75) is 38.3 Å². The molecular weight excluding hydrogens is 364 g/mol. The van der Waals surface area contributed by atoms with Crippen molar-refractivity contribution in [2.75, 3.05) is 20.6 Å². The lowest BCUT2D eigenvalue weighted by Gasteiger charge is -2.13. The second kappa shape index (κ2) is 9.52. The van der Waals surface area contributed by atoms with Gasteiger partial charge in [0.15, 0.2) is 5.96 Å². The average Bonchev–Trinajstić information content (AvgIpc) is 2.98. The van der Waals surface area contributed by atoms with E-state index >= 15 is 0 Å². The van der Waals surface area contributed by atoms with Gasteiger partial charge in [0.1, 0.15) is 0 Å². The minimum Gasteiger partial charge on any atom is -0.356 e. The number of aromatic nitrogens is 2. The number of nitrogens with one attached hydrogen (secondary N) is 3. The van der Waals surface area contributed by atoms with Gasteiger partial charge in [-0.05, 0) is 51.1 Å². The molecule has 3 N–H and O–H groups in total. The van der Waals surface area contributed by atoms with Crippen LogP contribution in [0.5, 0.6) is 0 Å². The highest BCUT2D eigenvalue weighted by atomic mass is 32.2. The Balaban J connectivity index is 1.82.